The van der Waals surface area contributed by atoms with E-state index in [0.717, 1.165) is 21.8 Å². The van der Waals surface area contributed by atoms with Crippen molar-refractivity contribution in [2.75, 3.05) is 11.1 Å². The van der Waals surface area contributed by atoms with Crippen molar-refractivity contribution in [2.24, 2.45) is 0 Å². The third-order valence-corrected chi connectivity index (χ3v) is 4.75. The number of thioether (sulfide) groups is 1. The van der Waals surface area contributed by atoms with E-state index in [1.54, 1.807) is 12.3 Å². The number of fused-ring (bicyclic) bond motifs is 2. The van der Waals surface area contributed by atoms with Crippen LogP contribution < -0.4 is 10.7 Å². The summed E-state index contributed by atoms with van der Waals surface area (Å²) in [4.78, 5) is 24.6. The zero-order valence-corrected chi connectivity index (χ0v) is 12.4. The molecule has 1 aliphatic rings. The van der Waals surface area contributed by atoms with E-state index >= 15 is 0 Å². The van der Waals surface area contributed by atoms with E-state index in [1.165, 1.54) is 11.8 Å². The molecule has 2 aromatic carbocycles. The quantitative estimate of drug-likeness (QED) is 0.752. The SMILES string of the molecule is O=C1CSc2ccc(-n3ccc(=O)c4ccccc43)cc2N1. The average Bonchev–Trinajstić information content (AvgIpc) is 2.55. The molecule has 0 saturated heterocycles. The van der Waals surface area contributed by atoms with Gasteiger partial charge in [-0.2, -0.15) is 0 Å². The largest absolute Gasteiger partial charge is 0.324 e. The Kier molecular flexibility index (Phi) is 3.01. The molecular weight excluding hydrogens is 296 g/mol. The van der Waals surface area contributed by atoms with Crippen molar-refractivity contribution in [3.05, 3.63) is 65.0 Å². The number of aromatic nitrogens is 1. The predicted octanol–water partition coefficient (Wildman–Crippen LogP) is 3.03. The van der Waals surface area contributed by atoms with Crippen LogP contribution >= 0.6 is 11.8 Å². The summed E-state index contributed by atoms with van der Waals surface area (Å²) in [5, 5.41) is 3.58. The van der Waals surface area contributed by atoms with Crippen molar-refractivity contribution in [3.8, 4) is 5.69 Å². The Morgan fingerprint density at radius 1 is 1.05 bits per heavy atom. The highest BCUT2D eigenvalue weighted by molar-refractivity contribution is 8.00. The van der Waals surface area contributed by atoms with Gasteiger partial charge in [0.2, 0.25) is 5.91 Å². The molecule has 0 bridgehead atoms. The Labute approximate surface area is 130 Å². The summed E-state index contributed by atoms with van der Waals surface area (Å²) < 4.78 is 1.96. The fourth-order valence-corrected chi connectivity index (χ4v) is 3.44. The van der Waals surface area contributed by atoms with Crippen LogP contribution in [-0.4, -0.2) is 16.2 Å². The summed E-state index contributed by atoms with van der Waals surface area (Å²) in [7, 11) is 0. The summed E-state index contributed by atoms with van der Waals surface area (Å²) in [6.07, 6.45) is 1.77. The second-order valence-corrected chi connectivity index (χ2v) is 6.10. The van der Waals surface area contributed by atoms with Gasteiger partial charge >= 0.3 is 0 Å². The van der Waals surface area contributed by atoms with Crippen LogP contribution in [0.25, 0.3) is 16.6 Å². The van der Waals surface area contributed by atoms with Crippen LogP contribution in [0, 0.1) is 0 Å². The Morgan fingerprint density at radius 3 is 2.82 bits per heavy atom. The van der Waals surface area contributed by atoms with Gasteiger partial charge in [-0.3, -0.25) is 9.59 Å². The first-order chi connectivity index (χ1) is 10.7. The lowest BCUT2D eigenvalue weighted by atomic mass is 10.2. The molecule has 1 N–H and O–H groups in total. The number of rotatable bonds is 1. The fraction of sp³-hybridized carbons (Fsp3) is 0.0588. The zero-order chi connectivity index (χ0) is 15.1. The van der Waals surface area contributed by atoms with E-state index in [9.17, 15) is 9.59 Å². The number of amides is 1. The number of hydrogen-bond acceptors (Lipinski definition) is 3. The number of nitrogens with zero attached hydrogens (tertiary/aromatic N) is 1. The Morgan fingerprint density at radius 2 is 1.91 bits per heavy atom. The average molecular weight is 308 g/mol. The van der Waals surface area contributed by atoms with E-state index < -0.39 is 0 Å². The highest BCUT2D eigenvalue weighted by Gasteiger charge is 2.16. The summed E-state index contributed by atoms with van der Waals surface area (Å²) in [6, 6.07) is 15.0. The Hall–Kier alpha value is -2.53. The van der Waals surface area contributed by atoms with Crippen LogP contribution in [0.1, 0.15) is 0 Å². The van der Waals surface area contributed by atoms with Gasteiger partial charge in [-0.05, 0) is 30.3 Å². The summed E-state index contributed by atoms with van der Waals surface area (Å²) >= 11 is 1.54. The van der Waals surface area contributed by atoms with Crippen molar-refractivity contribution in [3.63, 3.8) is 0 Å². The number of para-hydroxylation sites is 1. The van der Waals surface area contributed by atoms with E-state index in [2.05, 4.69) is 5.32 Å². The first-order valence-corrected chi connectivity index (χ1v) is 7.88. The predicted molar refractivity (Wildman–Crippen MR) is 88.9 cm³/mol. The van der Waals surface area contributed by atoms with Crippen LogP contribution in [0.4, 0.5) is 5.69 Å². The van der Waals surface area contributed by atoms with E-state index in [-0.39, 0.29) is 11.3 Å². The number of nitrogens with one attached hydrogen (secondary N) is 1. The number of hydrogen-bond donors (Lipinski definition) is 1. The standard InChI is InChI=1S/C17H12N2O2S/c20-15-7-8-19(14-4-2-1-3-12(14)15)11-5-6-16-13(9-11)18-17(21)10-22-16/h1-9H,10H2,(H,18,21). The van der Waals surface area contributed by atoms with Gasteiger partial charge in [-0.15, -0.1) is 11.8 Å². The molecular formula is C17H12N2O2S. The van der Waals surface area contributed by atoms with E-state index in [1.807, 2.05) is 47.0 Å². The van der Waals surface area contributed by atoms with Crippen LogP contribution in [-0.2, 0) is 4.79 Å². The van der Waals surface area contributed by atoms with Gasteiger partial charge in [0.05, 0.1) is 17.0 Å². The van der Waals surface area contributed by atoms with Crippen LogP contribution in [0.15, 0.2) is 64.4 Å². The summed E-state index contributed by atoms with van der Waals surface area (Å²) in [5.74, 6) is 0.465. The van der Waals surface area contributed by atoms with Gasteiger partial charge in [-0.1, -0.05) is 12.1 Å². The second-order valence-electron chi connectivity index (χ2n) is 5.08. The monoisotopic (exact) mass is 308 g/mol. The number of carbonyl (C=O) groups is 1. The van der Waals surface area contributed by atoms with Gasteiger partial charge < -0.3 is 9.88 Å². The van der Waals surface area contributed by atoms with Crippen molar-refractivity contribution in [1.29, 1.82) is 0 Å². The minimum atomic E-state index is 0.00803. The maximum atomic E-state index is 12.0. The van der Waals surface area contributed by atoms with Crippen LogP contribution in [0.2, 0.25) is 0 Å². The first-order valence-electron chi connectivity index (χ1n) is 6.90. The summed E-state index contributed by atoms with van der Waals surface area (Å²) in [5.41, 5.74) is 2.60. The molecule has 0 saturated carbocycles. The smallest absolute Gasteiger partial charge is 0.234 e. The molecule has 0 unspecified atom stereocenters. The molecule has 1 aliphatic heterocycles. The van der Waals surface area contributed by atoms with Crippen molar-refractivity contribution in [1.82, 2.24) is 4.57 Å². The molecule has 0 atom stereocenters. The lowest BCUT2D eigenvalue weighted by molar-refractivity contribution is -0.113. The molecule has 0 radical (unpaired) electrons. The van der Waals surface area contributed by atoms with Gasteiger partial charge in [0.1, 0.15) is 0 Å². The number of pyridine rings is 1. The van der Waals surface area contributed by atoms with Crippen LogP contribution in [0.3, 0.4) is 0 Å². The highest BCUT2D eigenvalue weighted by atomic mass is 32.2. The topological polar surface area (TPSA) is 51.1 Å². The maximum absolute atomic E-state index is 12.0. The molecule has 4 rings (SSSR count). The van der Waals surface area contributed by atoms with Gasteiger partial charge in [0, 0.05) is 28.2 Å². The van der Waals surface area contributed by atoms with E-state index in [0.29, 0.717) is 11.1 Å². The molecule has 2 heterocycles. The molecule has 22 heavy (non-hydrogen) atoms. The molecule has 5 heteroatoms. The number of anilines is 1. The molecule has 4 nitrogen and oxygen atoms in total. The molecule has 0 spiro atoms. The van der Waals surface area contributed by atoms with Crippen molar-refractivity contribution >= 4 is 34.3 Å². The molecule has 3 aromatic rings. The number of carbonyl (C=O) groups excluding carboxylic acids is 1. The lowest BCUT2D eigenvalue weighted by Gasteiger charge is -2.18. The molecule has 0 fully saturated rings. The van der Waals surface area contributed by atoms with Crippen LogP contribution in [0.5, 0.6) is 0 Å². The third kappa shape index (κ3) is 2.10. The minimum Gasteiger partial charge on any atom is -0.324 e. The van der Waals surface area contributed by atoms with Crippen molar-refractivity contribution in [2.45, 2.75) is 4.90 Å². The normalized spacial score (nSPS) is 13.7. The fourth-order valence-electron chi connectivity index (χ4n) is 2.65. The first kappa shape index (κ1) is 13.2. The van der Waals surface area contributed by atoms with E-state index in [4.69, 9.17) is 0 Å². The van der Waals surface area contributed by atoms with Gasteiger partial charge in [0.25, 0.3) is 0 Å². The van der Waals surface area contributed by atoms with Gasteiger partial charge in [-0.25, -0.2) is 0 Å². The molecule has 1 amide bonds. The van der Waals surface area contributed by atoms with Gasteiger partial charge in [0.15, 0.2) is 5.43 Å². The number of benzene rings is 2. The molecule has 108 valence electrons. The summed E-state index contributed by atoms with van der Waals surface area (Å²) in [6.45, 7) is 0. The zero-order valence-electron chi connectivity index (χ0n) is 11.6. The molecule has 1 aromatic heterocycles. The Balaban J connectivity index is 1.93. The maximum Gasteiger partial charge on any atom is 0.234 e. The van der Waals surface area contributed by atoms with Crippen molar-refractivity contribution < 1.29 is 4.79 Å². The third-order valence-electron chi connectivity index (χ3n) is 3.68. The minimum absolute atomic E-state index is 0.00803. The lowest BCUT2D eigenvalue weighted by Crippen LogP contribution is -2.18. The highest BCUT2D eigenvalue weighted by Crippen LogP contribution is 2.33. The second kappa shape index (κ2) is 5.03. The Bertz CT molecular complexity index is 962. The molecule has 0 aliphatic carbocycles.